The predicted octanol–water partition coefficient (Wildman–Crippen LogP) is 0.994. The van der Waals surface area contributed by atoms with Gasteiger partial charge in [-0.25, -0.2) is 4.98 Å². The van der Waals surface area contributed by atoms with Gasteiger partial charge in [-0.05, 0) is 18.9 Å². The number of hydrogen-bond donors (Lipinski definition) is 2. The van der Waals surface area contributed by atoms with E-state index in [1.165, 1.54) is 12.1 Å². The summed E-state index contributed by atoms with van der Waals surface area (Å²) >= 11 is 0. The van der Waals surface area contributed by atoms with Gasteiger partial charge in [-0.2, -0.15) is 0 Å². The molecule has 1 aromatic heterocycles. The number of carbonyl (C=O) groups excluding carboxylic acids is 1. The van der Waals surface area contributed by atoms with Gasteiger partial charge < -0.3 is 5.32 Å². The highest BCUT2D eigenvalue weighted by molar-refractivity contribution is 5.90. The number of benzene rings is 1. The van der Waals surface area contributed by atoms with Crippen molar-refractivity contribution in [1.29, 1.82) is 0 Å². The average molecular weight is 275 g/mol. The Morgan fingerprint density at radius 2 is 2.10 bits per heavy atom. The van der Waals surface area contributed by atoms with Crippen molar-refractivity contribution in [2.24, 2.45) is 0 Å². The number of rotatable bonds is 5. The van der Waals surface area contributed by atoms with Gasteiger partial charge in [0.1, 0.15) is 5.82 Å². The number of nitrogens with one attached hydrogen (secondary N) is 2. The lowest BCUT2D eigenvalue weighted by Crippen LogP contribution is -2.26. The predicted molar refractivity (Wildman–Crippen MR) is 70.3 cm³/mol. The smallest absolute Gasteiger partial charge is 0.290 e. The maximum absolute atomic E-state index is 11.6. The van der Waals surface area contributed by atoms with Crippen LogP contribution in [0, 0.1) is 17.0 Å². The lowest BCUT2D eigenvalue weighted by molar-refractivity contribution is -0.384. The fraction of sp³-hybridized carbons (Fsp3) is 0.250. The van der Waals surface area contributed by atoms with Crippen LogP contribution in [0.25, 0.3) is 0 Å². The van der Waals surface area contributed by atoms with Crippen molar-refractivity contribution in [2.75, 3.05) is 6.54 Å². The van der Waals surface area contributed by atoms with Gasteiger partial charge in [0.15, 0.2) is 0 Å². The van der Waals surface area contributed by atoms with Crippen LogP contribution in [0.2, 0.25) is 0 Å². The molecule has 0 aliphatic heterocycles. The van der Waals surface area contributed by atoms with Gasteiger partial charge in [0.05, 0.1) is 4.92 Å². The van der Waals surface area contributed by atoms with Gasteiger partial charge >= 0.3 is 0 Å². The Bertz CT molecular complexity index is 620. The standard InChI is InChI=1S/C12H13N5O3/c1-8-14-11(16-15-8)12(18)13-7-6-9-2-4-10(5-3-9)17(19)20/h2-5H,6-7H2,1H3,(H,13,18)(H,14,15,16). The summed E-state index contributed by atoms with van der Waals surface area (Å²) in [5.41, 5.74) is 0.955. The molecule has 1 heterocycles. The Morgan fingerprint density at radius 1 is 1.40 bits per heavy atom. The minimum Gasteiger partial charge on any atom is -0.349 e. The van der Waals surface area contributed by atoms with Crippen LogP contribution in [-0.2, 0) is 6.42 Å². The number of nitro groups is 1. The fourth-order valence-electron chi connectivity index (χ4n) is 1.63. The highest BCUT2D eigenvalue weighted by Crippen LogP contribution is 2.11. The third kappa shape index (κ3) is 3.37. The van der Waals surface area contributed by atoms with Crippen molar-refractivity contribution in [2.45, 2.75) is 13.3 Å². The molecular formula is C12H13N5O3. The minimum absolute atomic E-state index is 0.0500. The van der Waals surface area contributed by atoms with Crippen molar-refractivity contribution >= 4 is 11.6 Å². The molecule has 0 saturated carbocycles. The van der Waals surface area contributed by atoms with Crippen LogP contribution in [0.5, 0.6) is 0 Å². The zero-order chi connectivity index (χ0) is 14.5. The zero-order valence-electron chi connectivity index (χ0n) is 10.8. The molecular weight excluding hydrogens is 262 g/mol. The van der Waals surface area contributed by atoms with Crippen LogP contribution in [-0.4, -0.2) is 32.6 Å². The van der Waals surface area contributed by atoms with Crippen molar-refractivity contribution in [3.8, 4) is 0 Å². The molecule has 0 aliphatic rings. The van der Waals surface area contributed by atoms with Gasteiger partial charge in [-0.1, -0.05) is 12.1 Å². The number of nitrogens with zero attached hydrogens (tertiary/aromatic N) is 3. The number of H-pyrrole nitrogens is 1. The maximum Gasteiger partial charge on any atom is 0.290 e. The molecule has 0 bridgehead atoms. The van der Waals surface area contributed by atoms with Crippen LogP contribution in [0.3, 0.4) is 0 Å². The molecule has 8 nitrogen and oxygen atoms in total. The van der Waals surface area contributed by atoms with Gasteiger partial charge in [0, 0.05) is 18.7 Å². The molecule has 104 valence electrons. The number of amides is 1. The molecule has 0 saturated heterocycles. The first-order valence-corrected chi connectivity index (χ1v) is 5.97. The summed E-state index contributed by atoms with van der Waals surface area (Å²) in [5.74, 6) is 0.327. The summed E-state index contributed by atoms with van der Waals surface area (Å²) in [6.07, 6.45) is 0.577. The Hall–Kier alpha value is -2.77. The van der Waals surface area contributed by atoms with Gasteiger partial charge in [0.2, 0.25) is 5.82 Å². The largest absolute Gasteiger partial charge is 0.349 e. The summed E-state index contributed by atoms with van der Waals surface area (Å²) in [7, 11) is 0. The fourth-order valence-corrected chi connectivity index (χ4v) is 1.63. The van der Waals surface area contributed by atoms with Crippen molar-refractivity contribution < 1.29 is 9.72 Å². The third-order valence-corrected chi connectivity index (χ3v) is 2.65. The second-order valence-electron chi connectivity index (χ2n) is 4.17. The molecule has 2 rings (SSSR count). The first kappa shape index (κ1) is 13.7. The summed E-state index contributed by atoms with van der Waals surface area (Å²) in [4.78, 5) is 25.6. The lowest BCUT2D eigenvalue weighted by Gasteiger charge is -2.02. The third-order valence-electron chi connectivity index (χ3n) is 2.65. The molecule has 0 atom stereocenters. The van der Waals surface area contributed by atoms with Crippen LogP contribution < -0.4 is 5.32 Å². The van der Waals surface area contributed by atoms with E-state index in [1.807, 2.05) is 0 Å². The summed E-state index contributed by atoms with van der Waals surface area (Å²) in [6.45, 7) is 2.12. The number of nitro benzene ring substituents is 1. The second kappa shape index (κ2) is 5.91. The molecule has 0 unspecified atom stereocenters. The van der Waals surface area contributed by atoms with Crippen molar-refractivity contribution in [3.05, 3.63) is 51.6 Å². The number of non-ortho nitro benzene ring substituents is 1. The first-order chi connectivity index (χ1) is 9.56. The number of hydrogen-bond acceptors (Lipinski definition) is 5. The molecule has 2 N–H and O–H groups in total. The van der Waals surface area contributed by atoms with E-state index in [9.17, 15) is 14.9 Å². The molecule has 0 fully saturated rings. The monoisotopic (exact) mass is 275 g/mol. The number of aromatic nitrogens is 3. The summed E-state index contributed by atoms with van der Waals surface area (Å²) in [5, 5.41) is 19.5. The van der Waals surface area contributed by atoms with Crippen LogP contribution >= 0.6 is 0 Å². The van der Waals surface area contributed by atoms with Gasteiger partial charge in [-0.15, -0.1) is 5.10 Å². The summed E-state index contributed by atoms with van der Waals surface area (Å²) in [6, 6.07) is 6.22. The first-order valence-electron chi connectivity index (χ1n) is 5.97. The molecule has 2 aromatic rings. The van der Waals surface area contributed by atoms with Crippen LogP contribution in [0.15, 0.2) is 24.3 Å². The van der Waals surface area contributed by atoms with Gasteiger partial charge in [-0.3, -0.25) is 20.0 Å². The molecule has 0 aliphatic carbocycles. The topological polar surface area (TPSA) is 114 Å². The zero-order valence-corrected chi connectivity index (χ0v) is 10.8. The Balaban J connectivity index is 1.83. The van der Waals surface area contributed by atoms with Crippen LogP contribution in [0.4, 0.5) is 5.69 Å². The maximum atomic E-state index is 11.6. The van der Waals surface area contributed by atoms with E-state index in [-0.39, 0.29) is 17.4 Å². The normalized spacial score (nSPS) is 10.2. The molecule has 0 spiro atoms. The molecule has 8 heteroatoms. The van der Waals surface area contributed by atoms with E-state index in [1.54, 1.807) is 19.1 Å². The van der Waals surface area contributed by atoms with Crippen LogP contribution in [0.1, 0.15) is 22.0 Å². The number of carbonyl (C=O) groups is 1. The van der Waals surface area contributed by atoms with Gasteiger partial charge in [0.25, 0.3) is 11.6 Å². The highest BCUT2D eigenvalue weighted by Gasteiger charge is 2.10. The Labute approximate surface area is 114 Å². The lowest BCUT2D eigenvalue weighted by atomic mass is 10.1. The number of aromatic amines is 1. The Morgan fingerprint density at radius 3 is 2.65 bits per heavy atom. The minimum atomic E-state index is -0.447. The van der Waals surface area contributed by atoms with E-state index < -0.39 is 4.92 Å². The van der Waals surface area contributed by atoms with E-state index in [2.05, 4.69) is 20.5 Å². The van der Waals surface area contributed by atoms with E-state index in [4.69, 9.17) is 0 Å². The molecule has 1 amide bonds. The van der Waals surface area contributed by atoms with Crippen molar-refractivity contribution in [3.63, 3.8) is 0 Å². The summed E-state index contributed by atoms with van der Waals surface area (Å²) < 4.78 is 0. The van der Waals surface area contributed by atoms with E-state index in [0.29, 0.717) is 18.8 Å². The molecule has 1 aromatic carbocycles. The molecule has 20 heavy (non-hydrogen) atoms. The molecule has 0 radical (unpaired) electrons. The highest BCUT2D eigenvalue weighted by atomic mass is 16.6. The average Bonchev–Trinajstić information content (AvgIpc) is 2.86. The Kier molecular flexibility index (Phi) is 4.04. The SMILES string of the molecule is Cc1nc(C(=O)NCCc2ccc([N+](=O)[O-])cc2)n[nH]1. The van der Waals surface area contributed by atoms with E-state index >= 15 is 0 Å². The quantitative estimate of drug-likeness (QED) is 0.624. The second-order valence-corrected chi connectivity index (χ2v) is 4.17. The number of aryl methyl sites for hydroxylation is 1. The van der Waals surface area contributed by atoms with E-state index in [0.717, 1.165) is 5.56 Å². The van der Waals surface area contributed by atoms with Crippen molar-refractivity contribution in [1.82, 2.24) is 20.5 Å².